The Morgan fingerprint density at radius 2 is 2.10 bits per heavy atom. The normalized spacial score (nSPS) is 12.1. The number of amides is 1. The van der Waals surface area contributed by atoms with Crippen LogP contribution in [0.2, 0.25) is 5.02 Å². The molecule has 1 atom stereocenters. The number of ether oxygens (including phenoxy) is 1. The van der Waals surface area contributed by atoms with Gasteiger partial charge in [0, 0.05) is 47.5 Å². The van der Waals surface area contributed by atoms with Gasteiger partial charge in [-0.25, -0.2) is 0 Å². The van der Waals surface area contributed by atoms with Gasteiger partial charge in [0.25, 0.3) is 0 Å². The predicted molar refractivity (Wildman–Crippen MR) is 88.1 cm³/mol. The molecule has 3 N–H and O–H groups in total. The van der Waals surface area contributed by atoms with Crippen LogP contribution in [0.5, 0.6) is 0 Å². The highest BCUT2D eigenvalue weighted by molar-refractivity contribution is 7.84. The van der Waals surface area contributed by atoms with Gasteiger partial charge in [0.1, 0.15) is 0 Å². The average Bonchev–Trinajstić information content (AvgIpc) is 2.42. The molecule has 1 aromatic rings. The van der Waals surface area contributed by atoms with E-state index in [0.29, 0.717) is 47.4 Å². The van der Waals surface area contributed by atoms with Gasteiger partial charge in [0.2, 0.25) is 5.91 Å². The number of nitrogens with one attached hydrogen (secondary N) is 1. The maximum Gasteiger partial charge on any atom is 0.224 e. The summed E-state index contributed by atoms with van der Waals surface area (Å²) in [6.45, 7) is 0.613. The van der Waals surface area contributed by atoms with E-state index in [4.69, 9.17) is 22.1 Å². The molecule has 1 unspecified atom stereocenters. The lowest BCUT2D eigenvalue weighted by Crippen LogP contribution is -2.14. The summed E-state index contributed by atoms with van der Waals surface area (Å²) in [4.78, 5) is 11.8. The fourth-order valence-corrected chi connectivity index (χ4v) is 3.01. The van der Waals surface area contributed by atoms with Crippen LogP contribution in [-0.2, 0) is 20.3 Å². The Labute approximate surface area is 132 Å². The van der Waals surface area contributed by atoms with Crippen LogP contribution in [0.1, 0.15) is 19.3 Å². The minimum absolute atomic E-state index is 0.141. The SMILES string of the molecule is COCCCS(=O)CCCC(=O)Nc1ccc(Cl)cc1N. The highest BCUT2D eigenvalue weighted by Crippen LogP contribution is 2.22. The molecule has 1 rings (SSSR count). The molecule has 5 nitrogen and oxygen atoms in total. The summed E-state index contributed by atoms with van der Waals surface area (Å²) in [5.41, 5.74) is 6.73. The van der Waals surface area contributed by atoms with E-state index in [1.54, 1.807) is 25.3 Å². The minimum atomic E-state index is -0.894. The van der Waals surface area contributed by atoms with Crippen LogP contribution >= 0.6 is 11.6 Å². The Hall–Kier alpha value is -1.11. The zero-order chi connectivity index (χ0) is 15.7. The standard InChI is InChI=1S/C14H21ClN2O3S/c1-20-7-3-9-21(19)8-2-4-14(18)17-13-6-5-11(15)10-12(13)16/h5-6,10H,2-4,7-9,16H2,1H3,(H,17,18). The zero-order valence-corrected chi connectivity index (χ0v) is 13.6. The molecule has 0 heterocycles. The third-order valence-corrected chi connectivity index (χ3v) is 4.51. The van der Waals surface area contributed by atoms with Gasteiger partial charge in [-0.05, 0) is 31.0 Å². The molecule has 118 valence electrons. The molecule has 1 amide bonds. The summed E-state index contributed by atoms with van der Waals surface area (Å²) in [7, 11) is 0.727. The van der Waals surface area contributed by atoms with E-state index in [9.17, 15) is 9.00 Å². The Morgan fingerprint density at radius 3 is 2.76 bits per heavy atom. The molecule has 1 aromatic carbocycles. The van der Waals surface area contributed by atoms with Gasteiger partial charge in [-0.1, -0.05) is 11.6 Å². The van der Waals surface area contributed by atoms with E-state index in [2.05, 4.69) is 5.32 Å². The summed E-state index contributed by atoms with van der Waals surface area (Å²) >= 11 is 5.79. The lowest BCUT2D eigenvalue weighted by molar-refractivity contribution is -0.116. The van der Waals surface area contributed by atoms with E-state index in [-0.39, 0.29) is 5.91 Å². The van der Waals surface area contributed by atoms with Crippen LogP contribution in [0.15, 0.2) is 18.2 Å². The number of hydrogen-bond donors (Lipinski definition) is 2. The molecule has 7 heteroatoms. The number of methoxy groups -OCH3 is 1. The van der Waals surface area contributed by atoms with Crippen LogP contribution in [0, 0.1) is 0 Å². The molecule has 0 radical (unpaired) electrons. The maximum atomic E-state index is 11.8. The summed E-state index contributed by atoms with van der Waals surface area (Å²) in [5.74, 6) is 0.991. The fraction of sp³-hybridized carbons (Fsp3) is 0.500. The number of carbonyl (C=O) groups excluding carboxylic acids is 1. The molecule has 0 aliphatic carbocycles. The van der Waals surface area contributed by atoms with Crippen molar-refractivity contribution in [1.29, 1.82) is 0 Å². The fourth-order valence-electron chi connectivity index (χ4n) is 1.72. The lowest BCUT2D eigenvalue weighted by Gasteiger charge is -2.08. The Bertz CT molecular complexity index is 497. The van der Waals surface area contributed by atoms with Crippen molar-refractivity contribution in [1.82, 2.24) is 0 Å². The second-order valence-electron chi connectivity index (χ2n) is 4.58. The van der Waals surface area contributed by atoms with Crippen molar-refractivity contribution in [3.8, 4) is 0 Å². The van der Waals surface area contributed by atoms with Crippen molar-refractivity contribution in [2.45, 2.75) is 19.3 Å². The van der Waals surface area contributed by atoms with Crippen molar-refractivity contribution in [2.24, 2.45) is 0 Å². The highest BCUT2D eigenvalue weighted by Gasteiger charge is 2.07. The quantitative estimate of drug-likeness (QED) is 0.537. The number of carbonyl (C=O) groups is 1. The second kappa shape index (κ2) is 9.76. The van der Waals surface area contributed by atoms with Crippen molar-refractivity contribution < 1.29 is 13.7 Å². The van der Waals surface area contributed by atoms with Gasteiger partial charge in [-0.2, -0.15) is 0 Å². The number of anilines is 2. The molecule has 0 fully saturated rings. The third-order valence-electron chi connectivity index (χ3n) is 2.78. The summed E-state index contributed by atoms with van der Waals surface area (Å²) < 4.78 is 16.5. The number of nitrogens with two attached hydrogens (primary N) is 1. The first-order valence-electron chi connectivity index (χ1n) is 6.71. The van der Waals surface area contributed by atoms with Crippen LogP contribution in [0.3, 0.4) is 0 Å². The molecular formula is C14H21ClN2O3S. The predicted octanol–water partition coefficient (Wildman–Crippen LogP) is 2.43. The first-order valence-corrected chi connectivity index (χ1v) is 8.58. The summed E-state index contributed by atoms with van der Waals surface area (Å²) in [6.07, 6.45) is 1.67. The van der Waals surface area contributed by atoms with Gasteiger partial charge in [0.15, 0.2) is 0 Å². The van der Waals surface area contributed by atoms with Gasteiger partial charge >= 0.3 is 0 Å². The van der Waals surface area contributed by atoms with Crippen LogP contribution in [-0.4, -0.2) is 35.3 Å². The largest absolute Gasteiger partial charge is 0.397 e. The molecule has 0 bridgehead atoms. The second-order valence-corrected chi connectivity index (χ2v) is 6.71. The molecule has 0 saturated heterocycles. The van der Waals surface area contributed by atoms with Crippen LogP contribution in [0.25, 0.3) is 0 Å². The number of benzene rings is 1. The third kappa shape index (κ3) is 7.45. The van der Waals surface area contributed by atoms with E-state index in [1.165, 1.54) is 0 Å². The molecule has 21 heavy (non-hydrogen) atoms. The van der Waals surface area contributed by atoms with Crippen molar-refractivity contribution in [3.05, 3.63) is 23.2 Å². The summed E-state index contributed by atoms with van der Waals surface area (Å²) in [5, 5.41) is 3.25. The highest BCUT2D eigenvalue weighted by atomic mass is 35.5. The van der Waals surface area contributed by atoms with Gasteiger partial charge < -0.3 is 15.8 Å². The average molecular weight is 333 g/mol. The molecule has 0 aliphatic rings. The molecule has 0 saturated carbocycles. The van der Waals surface area contributed by atoms with Crippen LogP contribution < -0.4 is 11.1 Å². The first-order chi connectivity index (χ1) is 10.0. The number of hydrogen-bond acceptors (Lipinski definition) is 4. The zero-order valence-electron chi connectivity index (χ0n) is 12.1. The van der Waals surface area contributed by atoms with E-state index in [1.807, 2.05) is 0 Å². The Balaban J connectivity index is 2.26. The summed E-state index contributed by atoms with van der Waals surface area (Å²) in [6, 6.07) is 4.92. The van der Waals surface area contributed by atoms with Crippen molar-refractivity contribution in [3.63, 3.8) is 0 Å². The lowest BCUT2D eigenvalue weighted by atomic mass is 10.2. The minimum Gasteiger partial charge on any atom is -0.397 e. The van der Waals surface area contributed by atoms with Gasteiger partial charge in [-0.3, -0.25) is 9.00 Å². The molecular weight excluding hydrogens is 312 g/mol. The van der Waals surface area contributed by atoms with E-state index in [0.717, 1.165) is 6.42 Å². The topological polar surface area (TPSA) is 81.4 Å². The van der Waals surface area contributed by atoms with Crippen molar-refractivity contribution >= 4 is 39.7 Å². The smallest absolute Gasteiger partial charge is 0.224 e. The maximum absolute atomic E-state index is 11.8. The molecule has 0 aromatic heterocycles. The van der Waals surface area contributed by atoms with Crippen molar-refractivity contribution in [2.75, 3.05) is 36.3 Å². The number of rotatable bonds is 9. The number of halogens is 1. The van der Waals surface area contributed by atoms with E-state index < -0.39 is 10.8 Å². The molecule has 0 aliphatic heterocycles. The van der Waals surface area contributed by atoms with E-state index >= 15 is 0 Å². The van der Waals surface area contributed by atoms with Gasteiger partial charge in [-0.15, -0.1) is 0 Å². The Morgan fingerprint density at radius 1 is 1.38 bits per heavy atom. The number of nitrogen functional groups attached to an aromatic ring is 1. The monoisotopic (exact) mass is 332 g/mol. The molecule has 0 spiro atoms. The Kier molecular flexibility index (Phi) is 8.34. The van der Waals surface area contributed by atoms with Gasteiger partial charge in [0.05, 0.1) is 11.4 Å². The first kappa shape index (κ1) is 17.9. The van der Waals surface area contributed by atoms with Crippen LogP contribution in [0.4, 0.5) is 11.4 Å².